The van der Waals surface area contributed by atoms with Gasteiger partial charge in [-0.2, -0.15) is 5.10 Å². The lowest BCUT2D eigenvalue weighted by Gasteiger charge is -2.27. The third kappa shape index (κ3) is 5.00. The van der Waals surface area contributed by atoms with Crippen LogP contribution in [0.4, 0.5) is 0 Å². The number of nitrogens with one attached hydrogen (secondary N) is 1. The van der Waals surface area contributed by atoms with E-state index in [0.717, 1.165) is 24.2 Å². The molecule has 0 atom stereocenters. The first-order chi connectivity index (χ1) is 9.83. The zero-order chi connectivity index (χ0) is 16.0. The predicted molar refractivity (Wildman–Crippen MR) is 84.5 cm³/mol. The van der Waals surface area contributed by atoms with Gasteiger partial charge in [-0.3, -0.25) is 9.48 Å². The Balaban J connectivity index is 2.59. The van der Waals surface area contributed by atoms with Gasteiger partial charge >= 0.3 is 0 Å². The lowest BCUT2D eigenvalue weighted by atomic mass is 9.92. The van der Waals surface area contributed by atoms with Crippen molar-refractivity contribution >= 4 is 17.5 Å². The third-order valence-electron chi connectivity index (χ3n) is 3.63. The van der Waals surface area contributed by atoms with Crippen LogP contribution >= 0.6 is 11.6 Å². The topological polar surface area (TPSA) is 67.2 Å². The fourth-order valence-corrected chi connectivity index (χ4v) is 2.65. The van der Waals surface area contributed by atoms with Crippen LogP contribution in [0.15, 0.2) is 0 Å². The van der Waals surface area contributed by atoms with Crippen molar-refractivity contribution in [3.63, 3.8) is 0 Å². The smallest absolute Gasteiger partial charge is 0.241 e. The average Bonchev–Trinajstić information content (AvgIpc) is 2.65. The van der Waals surface area contributed by atoms with Crippen LogP contribution < -0.4 is 5.32 Å². The molecule has 1 rings (SSSR count). The van der Waals surface area contributed by atoms with Crippen molar-refractivity contribution in [3.05, 3.63) is 16.4 Å². The molecular formula is C15H26ClN3O2. The summed E-state index contributed by atoms with van der Waals surface area (Å²) in [5, 5.41) is 18.1. The molecule has 1 amide bonds. The summed E-state index contributed by atoms with van der Waals surface area (Å²) in [7, 11) is 0. The first-order valence-electron chi connectivity index (χ1n) is 7.51. The largest absolute Gasteiger partial charge is 0.388 e. The van der Waals surface area contributed by atoms with E-state index in [2.05, 4.69) is 10.4 Å². The number of halogens is 1. The minimum atomic E-state index is -0.814. The predicted octanol–water partition coefficient (Wildman–Crippen LogP) is 2.60. The Kier molecular flexibility index (Phi) is 6.68. The Morgan fingerprint density at radius 1 is 1.33 bits per heavy atom. The highest BCUT2D eigenvalue weighted by molar-refractivity contribution is 6.31. The molecule has 120 valence electrons. The summed E-state index contributed by atoms with van der Waals surface area (Å²) in [4.78, 5) is 12.0. The second kappa shape index (κ2) is 7.80. The van der Waals surface area contributed by atoms with Crippen LogP contribution in [0.1, 0.15) is 50.9 Å². The van der Waals surface area contributed by atoms with E-state index in [4.69, 9.17) is 11.6 Å². The lowest BCUT2D eigenvalue weighted by molar-refractivity contribution is -0.123. The standard InChI is InChI=1S/C15H26ClN3O2/c1-5-7-15(21,8-6-2)10-17-13(20)9-19-12(4)14(16)11(3)18-19/h21H,5-10H2,1-4H3,(H,17,20). The van der Waals surface area contributed by atoms with Gasteiger partial charge in [0.1, 0.15) is 6.54 Å². The second-order valence-electron chi connectivity index (χ2n) is 5.64. The van der Waals surface area contributed by atoms with Gasteiger partial charge < -0.3 is 10.4 Å². The molecule has 6 heteroatoms. The van der Waals surface area contributed by atoms with Crippen LogP contribution in [-0.4, -0.2) is 32.9 Å². The highest BCUT2D eigenvalue weighted by Gasteiger charge is 2.25. The first-order valence-corrected chi connectivity index (χ1v) is 7.89. The molecule has 0 saturated carbocycles. The molecule has 5 nitrogen and oxygen atoms in total. The molecule has 0 unspecified atom stereocenters. The van der Waals surface area contributed by atoms with Gasteiger partial charge in [-0.05, 0) is 26.7 Å². The van der Waals surface area contributed by atoms with Crippen LogP contribution in [0, 0.1) is 13.8 Å². The molecule has 1 aromatic heterocycles. The Hall–Kier alpha value is -1.07. The van der Waals surface area contributed by atoms with Crippen LogP contribution in [0.3, 0.4) is 0 Å². The molecule has 0 fully saturated rings. The Morgan fingerprint density at radius 2 is 1.90 bits per heavy atom. The Labute approximate surface area is 131 Å². The van der Waals surface area contributed by atoms with Gasteiger partial charge in [-0.1, -0.05) is 38.3 Å². The normalized spacial score (nSPS) is 11.7. The summed E-state index contributed by atoms with van der Waals surface area (Å²) in [6, 6.07) is 0. The van der Waals surface area contributed by atoms with Crippen LogP contribution in [0.25, 0.3) is 0 Å². The molecule has 0 aromatic carbocycles. The van der Waals surface area contributed by atoms with E-state index in [1.807, 2.05) is 27.7 Å². The first kappa shape index (κ1) is 18.0. The van der Waals surface area contributed by atoms with Crippen LogP contribution in [0.5, 0.6) is 0 Å². The van der Waals surface area contributed by atoms with Crippen molar-refractivity contribution in [2.24, 2.45) is 0 Å². The summed E-state index contributed by atoms with van der Waals surface area (Å²) in [5.41, 5.74) is 0.684. The number of nitrogens with zero attached hydrogens (tertiary/aromatic N) is 2. The SMILES string of the molecule is CCCC(O)(CCC)CNC(=O)Cn1nc(C)c(Cl)c1C. The molecule has 1 aromatic rings. The van der Waals surface area contributed by atoms with E-state index in [-0.39, 0.29) is 19.0 Å². The molecule has 0 radical (unpaired) electrons. The number of carbonyl (C=O) groups is 1. The molecule has 0 saturated heterocycles. The van der Waals surface area contributed by atoms with Crippen LogP contribution in [0.2, 0.25) is 5.02 Å². The molecular weight excluding hydrogens is 290 g/mol. The molecule has 2 N–H and O–H groups in total. The van der Waals surface area contributed by atoms with Crippen molar-refractivity contribution in [3.8, 4) is 0 Å². The molecule has 0 aliphatic carbocycles. The second-order valence-corrected chi connectivity index (χ2v) is 6.02. The minimum absolute atomic E-state index is 0.119. The Bertz CT molecular complexity index is 480. The summed E-state index contributed by atoms with van der Waals surface area (Å²) < 4.78 is 1.59. The number of aryl methyl sites for hydroxylation is 1. The van der Waals surface area contributed by atoms with E-state index in [0.29, 0.717) is 17.9 Å². The van der Waals surface area contributed by atoms with Gasteiger partial charge in [0.2, 0.25) is 5.91 Å². The number of hydrogen-bond acceptors (Lipinski definition) is 3. The number of rotatable bonds is 8. The monoisotopic (exact) mass is 315 g/mol. The van der Waals surface area contributed by atoms with Gasteiger partial charge in [0.25, 0.3) is 0 Å². The highest BCUT2D eigenvalue weighted by atomic mass is 35.5. The van der Waals surface area contributed by atoms with Gasteiger partial charge in [0.15, 0.2) is 0 Å². The van der Waals surface area contributed by atoms with Crippen molar-refractivity contribution in [2.75, 3.05) is 6.54 Å². The van der Waals surface area contributed by atoms with Crippen molar-refractivity contribution in [1.82, 2.24) is 15.1 Å². The molecule has 1 heterocycles. The molecule has 0 aliphatic rings. The maximum absolute atomic E-state index is 12.0. The van der Waals surface area contributed by atoms with E-state index in [1.165, 1.54) is 0 Å². The fraction of sp³-hybridized carbons (Fsp3) is 0.733. The number of hydrogen-bond donors (Lipinski definition) is 2. The van der Waals surface area contributed by atoms with Crippen molar-refractivity contribution < 1.29 is 9.90 Å². The average molecular weight is 316 g/mol. The number of amides is 1. The third-order valence-corrected chi connectivity index (χ3v) is 4.18. The maximum Gasteiger partial charge on any atom is 0.241 e. The summed E-state index contributed by atoms with van der Waals surface area (Å²) in [6.45, 7) is 8.10. The van der Waals surface area contributed by atoms with Crippen molar-refractivity contribution in [2.45, 2.75) is 65.5 Å². The lowest BCUT2D eigenvalue weighted by Crippen LogP contribution is -2.43. The number of aromatic nitrogens is 2. The van der Waals surface area contributed by atoms with E-state index in [9.17, 15) is 9.90 Å². The quantitative estimate of drug-likeness (QED) is 0.775. The van der Waals surface area contributed by atoms with Gasteiger partial charge in [0.05, 0.1) is 22.0 Å². The summed E-state index contributed by atoms with van der Waals surface area (Å²) >= 11 is 6.06. The minimum Gasteiger partial charge on any atom is -0.388 e. The van der Waals surface area contributed by atoms with Gasteiger partial charge in [0, 0.05) is 6.54 Å². The van der Waals surface area contributed by atoms with Crippen molar-refractivity contribution in [1.29, 1.82) is 0 Å². The Morgan fingerprint density at radius 3 is 2.33 bits per heavy atom. The maximum atomic E-state index is 12.0. The molecule has 0 aliphatic heterocycles. The highest BCUT2D eigenvalue weighted by Crippen LogP contribution is 2.19. The summed E-state index contributed by atoms with van der Waals surface area (Å²) in [6.07, 6.45) is 3.15. The van der Waals surface area contributed by atoms with Gasteiger partial charge in [-0.25, -0.2) is 0 Å². The van der Waals surface area contributed by atoms with E-state index < -0.39 is 5.60 Å². The molecule has 0 bridgehead atoms. The van der Waals surface area contributed by atoms with Crippen LogP contribution in [-0.2, 0) is 11.3 Å². The van der Waals surface area contributed by atoms with E-state index in [1.54, 1.807) is 4.68 Å². The zero-order valence-electron chi connectivity index (χ0n) is 13.4. The molecule has 0 spiro atoms. The number of aliphatic hydroxyl groups is 1. The molecule has 21 heavy (non-hydrogen) atoms. The fourth-order valence-electron chi connectivity index (χ4n) is 2.52. The number of carbonyl (C=O) groups excluding carboxylic acids is 1. The van der Waals surface area contributed by atoms with Gasteiger partial charge in [-0.15, -0.1) is 0 Å². The summed E-state index contributed by atoms with van der Waals surface area (Å²) in [5.74, 6) is -0.164. The zero-order valence-corrected chi connectivity index (χ0v) is 14.1. The van der Waals surface area contributed by atoms with E-state index >= 15 is 0 Å².